The molecule has 1 amide bonds. The zero-order chi connectivity index (χ0) is 16.2. The summed E-state index contributed by atoms with van der Waals surface area (Å²) in [6, 6.07) is 0. The fraction of sp³-hybridized carbons (Fsp3) is 0.900. The van der Waals surface area contributed by atoms with Gasteiger partial charge in [-0.05, 0) is 20.6 Å². The van der Waals surface area contributed by atoms with Gasteiger partial charge in [-0.15, -0.1) is 0 Å². The van der Waals surface area contributed by atoms with Gasteiger partial charge in [-0.3, -0.25) is 4.79 Å². The van der Waals surface area contributed by atoms with E-state index in [0.29, 0.717) is 0 Å². The Morgan fingerprint density at radius 3 is 2.62 bits per heavy atom. The summed E-state index contributed by atoms with van der Waals surface area (Å²) in [5.41, 5.74) is -2.39. The summed E-state index contributed by atoms with van der Waals surface area (Å²) < 4.78 is 57.0. The molecule has 1 aliphatic heterocycles. The highest BCUT2D eigenvalue weighted by molar-refractivity contribution is 5.80. The lowest BCUT2D eigenvalue weighted by Crippen LogP contribution is -2.50. The van der Waals surface area contributed by atoms with Crippen LogP contribution in [0, 0.1) is 5.41 Å². The Kier molecular flexibility index (Phi) is 0.986. The molecule has 0 radical (unpaired) electrons. The van der Waals surface area contributed by atoms with Crippen LogP contribution >= 0.6 is 0 Å². The third kappa shape index (κ3) is 1.85. The Morgan fingerprint density at radius 1 is 1.62 bits per heavy atom. The van der Waals surface area contributed by atoms with Gasteiger partial charge in [-0.2, -0.15) is 0 Å². The minimum absolute atomic E-state index is 0.0571. The van der Waals surface area contributed by atoms with Crippen LogP contribution in [-0.2, 0) is 9.53 Å². The lowest BCUT2D eigenvalue weighted by Gasteiger charge is -2.38. The molecule has 1 atom stereocenters. The Balaban J connectivity index is 3.25. The predicted octanol–water partition coefficient (Wildman–Crippen LogP) is 1.67. The van der Waals surface area contributed by atoms with Crippen molar-refractivity contribution < 1.29 is 19.1 Å². The summed E-state index contributed by atoms with van der Waals surface area (Å²) in [5, 5.41) is 2.44. The van der Waals surface area contributed by atoms with E-state index >= 15 is 0 Å². The molecular formula is C10H19NO2. The monoisotopic (exact) mass is 192 g/mol. The summed E-state index contributed by atoms with van der Waals surface area (Å²) >= 11 is 0. The van der Waals surface area contributed by atoms with Crippen molar-refractivity contribution in [2.45, 2.75) is 52.7 Å². The SMILES string of the molecule is [2H]C([2H])([2H])C([2H])(OC1(C)NC(=O)CC1(C)C)C([2H])([2H])[2H]. The molecule has 3 heteroatoms. The molecule has 0 aliphatic carbocycles. The molecule has 1 unspecified atom stereocenters. The molecule has 1 saturated heterocycles. The predicted molar refractivity (Wildman–Crippen MR) is 51.2 cm³/mol. The van der Waals surface area contributed by atoms with Gasteiger partial charge >= 0.3 is 0 Å². The lowest BCUT2D eigenvalue weighted by atomic mass is 9.82. The van der Waals surface area contributed by atoms with Crippen LogP contribution in [0.2, 0.25) is 0 Å². The molecule has 76 valence electrons. The van der Waals surface area contributed by atoms with E-state index in [2.05, 4.69) is 5.32 Å². The first-order valence-corrected chi connectivity index (χ1v) is 4.07. The molecule has 0 saturated carbocycles. The standard InChI is InChI=1S/C10H19NO2/c1-7(2)13-10(5)9(3,4)6-8(12)11-10/h7H,6H2,1-5H3,(H,11,12)/i1D3,2D3,7D. The second kappa shape index (κ2) is 2.98. The van der Waals surface area contributed by atoms with Crippen molar-refractivity contribution in [2.24, 2.45) is 5.41 Å². The van der Waals surface area contributed by atoms with Crippen molar-refractivity contribution in [3.8, 4) is 0 Å². The van der Waals surface area contributed by atoms with Gasteiger partial charge < -0.3 is 10.1 Å². The summed E-state index contributed by atoms with van der Waals surface area (Å²) in [7, 11) is 0. The highest BCUT2D eigenvalue weighted by Crippen LogP contribution is 2.40. The second-order valence-corrected chi connectivity index (χ2v) is 4.07. The zero-order valence-corrected chi connectivity index (χ0v) is 8.02. The van der Waals surface area contributed by atoms with Crippen LogP contribution in [0.5, 0.6) is 0 Å². The van der Waals surface area contributed by atoms with Crippen molar-refractivity contribution in [3.05, 3.63) is 0 Å². The van der Waals surface area contributed by atoms with Gasteiger partial charge in [0.05, 0.1) is 7.45 Å². The number of carbonyl (C=O) groups excluding carboxylic acids is 1. The first kappa shape index (κ1) is 4.30. The van der Waals surface area contributed by atoms with E-state index in [1.165, 1.54) is 6.92 Å². The number of carbonyl (C=O) groups is 1. The topological polar surface area (TPSA) is 38.3 Å². The molecule has 13 heavy (non-hydrogen) atoms. The van der Waals surface area contributed by atoms with E-state index < -0.39 is 30.9 Å². The number of nitrogens with one attached hydrogen (secondary N) is 1. The zero-order valence-electron chi connectivity index (χ0n) is 15.0. The van der Waals surface area contributed by atoms with E-state index in [-0.39, 0.29) is 12.3 Å². The van der Waals surface area contributed by atoms with E-state index in [4.69, 9.17) is 14.3 Å². The summed E-state index contributed by atoms with van der Waals surface area (Å²) in [4.78, 5) is 11.5. The third-order valence-corrected chi connectivity index (χ3v) is 2.58. The summed E-state index contributed by atoms with van der Waals surface area (Å²) in [6.07, 6.45) is -3.06. The third-order valence-electron chi connectivity index (χ3n) is 2.58. The molecule has 1 aliphatic rings. The molecule has 1 N–H and O–H groups in total. The van der Waals surface area contributed by atoms with E-state index in [0.717, 1.165) is 0 Å². The molecule has 0 aromatic carbocycles. The van der Waals surface area contributed by atoms with E-state index in [1.54, 1.807) is 13.8 Å². The van der Waals surface area contributed by atoms with Gasteiger partial charge in [0.25, 0.3) is 0 Å². The fourth-order valence-corrected chi connectivity index (χ4v) is 1.42. The second-order valence-electron chi connectivity index (χ2n) is 4.07. The van der Waals surface area contributed by atoms with Crippen molar-refractivity contribution in [3.63, 3.8) is 0 Å². The Hall–Kier alpha value is -0.570. The van der Waals surface area contributed by atoms with Crippen molar-refractivity contribution in [1.82, 2.24) is 5.32 Å². The average molecular weight is 192 g/mol. The maximum absolute atomic E-state index is 11.5. The number of hydrogen-bond acceptors (Lipinski definition) is 2. The number of rotatable bonds is 2. The molecule has 1 fully saturated rings. The highest BCUT2D eigenvalue weighted by Gasteiger charge is 2.50. The molecule has 0 bridgehead atoms. The first-order valence-electron chi connectivity index (χ1n) is 7.57. The van der Waals surface area contributed by atoms with Crippen LogP contribution in [0.1, 0.15) is 50.5 Å². The van der Waals surface area contributed by atoms with Crippen LogP contribution in [0.25, 0.3) is 0 Å². The van der Waals surface area contributed by atoms with E-state index in [9.17, 15) is 4.79 Å². The fourth-order valence-electron chi connectivity index (χ4n) is 1.42. The largest absolute Gasteiger partial charge is 0.353 e. The number of ether oxygens (including phenoxy) is 1. The van der Waals surface area contributed by atoms with Gasteiger partial charge in [0.1, 0.15) is 5.72 Å². The molecular weight excluding hydrogens is 166 g/mol. The quantitative estimate of drug-likeness (QED) is 0.723. The Labute approximate surface area is 89.7 Å². The Bertz CT molecular complexity index is 401. The molecule has 0 spiro atoms. The van der Waals surface area contributed by atoms with Crippen LogP contribution < -0.4 is 5.32 Å². The van der Waals surface area contributed by atoms with Gasteiger partial charge in [0.2, 0.25) is 5.91 Å². The van der Waals surface area contributed by atoms with Gasteiger partial charge in [-0.1, -0.05) is 13.8 Å². The normalized spacial score (nSPS) is 43.0. The maximum atomic E-state index is 11.5. The highest BCUT2D eigenvalue weighted by atomic mass is 16.5. The van der Waals surface area contributed by atoms with Crippen molar-refractivity contribution in [2.75, 3.05) is 0 Å². The minimum Gasteiger partial charge on any atom is -0.353 e. The average Bonchev–Trinajstić information content (AvgIpc) is 2.30. The summed E-state index contributed by atoms with van der Waals surface area (Å²) in [6.45, 7) is -1.71. The lowest BCUT2D eigenvalue weighted by molar-refractivity contribution is -0.140. The first-order chi connectivity index (χ1) is 8.56. The molecule has 3 nitrogen and oxygen atoms in total. The van der Waals surface area contributed by atoms with Crippen molar-refractivity contribution in [1.29, 1.82) is 0 Å². The molecule has 0 aromatic heterocycles. The molecule has 1 heterocycles. The molecule has 0 aromatic rings. The van der Waals surface area contributed by atoms with Crippen molar-refractivity contribution >= 4 is 5.91 Å². The number of amides is 1. The van der Waals surface area contributed by atoms with Crippen LogP contribution in [-0.4, -0.2) is 17.7 Å². The molecule has 1 rings (SSSR count). The number of hydrogen-bond donors (Lipinski definition) is 1. The minimum atomic E-state index is -3.19. The van der Waals surface area contributed by atoms with E-state index in [1.807, 2.05) is 0 Å². The Morgan fingerprint density at radius 2 is 2.23 bits per heavy atom. The van der Waals surface area contributed by atoms with Crippen LogP contribution in [0.4, 0.5) is 0 Å². The van der Waals surface area contributed by atoms with Crippen LogP contribution in [0.3, 0.4) is 0 Å². The van der Waals surface area contributed by atoms with Gasteiger partial charge in [0.15, 0.2) is 0 Å². The van der Waals surface area contributed by atoms with Crippen LogP contribution in [0.15, 0.2) is 0 Å². The maximum Gasteiger partial charge on any atom is 0.222 e. The smallest absolute Gasteiger partial charge is 0.222 e. The summed E-state index contributed by atoms with van der Waals surface area (Å²) in [5.74, 6) is -0.379. The van der Waals surface area contributed by atoms with Gasteiger partial charge in [0, 0.05) is 20.1 Å². The van der Waals surface area contributed by atoms with Gasteiger partial charge in [-0.25, -0.2) is 0 Å².